The van der Waals surface area contributed by atoms with Gasteiger partial charge in [-0.3, -0.25) is 9.36 Å². The van der Waals surface area contributed by atoms with Gasteiger partial charge in [0.2, 0.25) is 0 Å². The number of urea groups is 1. The summed E-state index contributed by atoms with van der Waals surface area (Å²) in [6.45, 7) is 1.14. The molecular formula is C22H20ClN5O4S2. The van der Waals surface area contributed by atoms with Crippen molar-refractivity contribution in [1.29, 1.82) is 0 Å². The van der Waals surface area contributed by atoms with Gasteiger partial charge in [-0.05, 0) is 66.0 Å². The number of anilines is 2. The minimum Gasteiger partial charge on any atom is -0.384 e. The van der Waals surface area contributed by atoms with E-state index in [1.807, 2.05) is 22.9 Å². The van der Waals surface area contributed by atoms with Crippen LogP contribution < -0.4 is 26.6 Å². The number of fused-ring (bicyclic) bond motifs is 1. The molecule has 0 radical (unpaired) electrons. The molecule has 2 aromatic carbocycles. The molecule has 0 aliphatic rings. The number of amides is 2. The molecule has 4 rings (SSSR count). The lowest BCUT2D eigenvalue weighted by Gasteiger charge is -2.11. The SMILES string of the molecule is NCCNc1ccc2c(=O)n(-c3ccc(NC(=O)NS(=O)(=O)c4ccc(Cl)s4)cc3)ccc2c1. The molecule has 0 bridgehead atoms. The maximum absolute atomic E-state index is 13.0. The van der Waals surface area contributed by atoms with Crippen LogP contribution in [0.2, 0.25) is 4.34 Å². The minimum absolute atomic E-state index is 0.0686. The number of halogens is 1. The van der Waals surface area contributed by atoms with E-state index < -0.39 is 16.1 Å². The first kappa shape index (κ1) is 23.8. The van der Waals surface area contributed by atoms with Crippen molar-refractivity contribution in [3.8, 4) is 5.69 Å². The molecule has 34 heavy (non-hydrogen) atoms. The quantitative estimate of drug-likeness (QED) is 0.296. The van der Waals surface area contributed by atoms with Gasteiger partial charge in [-0.1, -0.05) is 11.6 Å². The second kappa shape index (κ2) is 9.85. The minimum atomic E-state index is -4.03. The summed E-state index contributed by atoms with van der Waals surface area (Å²) in [5.41, 5.74) is 7.14. The maximum Gasteiger partial charge on any atom is 0.333 e. The normalized spacial score (nSPS) is 11.4. The number of sulfonamides is 1. The van der Waals surface area contributed by atoms with E-state index in [2.05, 4.69) is 10.6 Å². The lowest BCUT2D eigenvalue weighted by molar-refractivity contribution is 0.256. The highest BCUT2D eigenvalue weighted by Gasteiger charge is 2.19. The zero-order valence-electron chi connectivity index (χ0n) is 17.6. The van der Waals surface area contributed by atoms with Gasteiger partial charge in [0.05, 0.1) is 4.34 Å². The van der Waals surface area contributed by atoms with Crippen molar-refractivity contribution in [1.82, 2.24) is 9.29 Å². The summed E-state index contributed by atoms with van der Waals surface area (Å²) in [7, 11) is -4.03. The molecule has 2 heterocycles. The number of carbonyl (C=O) groups is 1. The van der Waals surface area contributed by atoms with E-state index in [1.165, 1.54) is 16.7 Å². The Bertz CT molecular complexity index is 1510. The Morgan fingerprint density at radius 3 is 2.44 bits per heavy atom. The second-order valence-corrected chi connectivity index (χ2v) is 10.8. The van der Waals surface area contributed by atoms with E-state index in [4.69, 9.17) is 17.3 Å². The van der Waals surface area contributed by atoms with E-state index in [-0.39, 0.29) is 9.77 Å². The molecule has 0 saturated heterocycles. The number of benzene rings is 2. The monoisotopic (exact) mass is 517 g/mol. The predicted molar refractivity (Wildman–Crippen MR) is 136 cm³/mol. The molecule has 0 saturated carbocycles. The van der Waals surface area contributed by atoms with E-state index in [0.717, 1.165) is 22.4 Å². The summed E-state index contributed by atoms with van der Waals surface area (Å²) in [5.74, 6) is 0. The molecule has 0 aliphatic carbocycles. The lowest BCUT2D eigenvalue weighted by Crippen LogP contribution is -2.33. The fourth-order valence-corrected chi connectivity index (χ4v) is 5.64. The number of pyridine rings is 1. The van der Waals surface area contributed by atoms with Crippen LogP contribution >= 0.6 is 22.9 Å². The van der Waals surface area contributed by atoms with Crippen molar-refractivity contribution >= 4 is 61.1 Å². The van der Waals surface area contributed by atoms with Crippen LogP contribution in [0.5, 0.6) is 0 Å². The third kappa shape index (κ3) is 5.23. The summed E-state index contributed by atoms with van der Waals surface area (Å²) < 4.78 is 28.1. The molecule has 2 aromatic heterocycles. The van der Waals surface area contributed by atoms with Crippen LogP contribution in [0.4, 0.5) is 16.2 Å². The van der Waals surface area contributed by atoms with Crippen LogP contribution in [-0.2, 0) is 10.0 Å². The van der Waals surface area contributed by atoms with Gasteiger partial charge in [0.1, 0.15) is 4.21 Å². The zero-order valence-corrected chi connectivity index (χ0v) is 20.0. The highest BCUT2D eigenvalue weighted by Crippen LogP contribution is 2.25. The molecule has 2 amide bonds. The Balaban J connectivity index is 1.49. The molecule has 5 N–H and O–H groups in total. The average molecular weight is 518 g/mol. The van der Waals surface area contributed by atoms with Gasteiger partial charge < -0.3 is 16.4 Å². The Kier molecular flexibility index (Phi) is 6.89. The van der Waals surface area contributed by atoms with E-state index >= 15 is 0 Å². The van der Waals surface area contributed by atoms with Crippen molar-refractivity contribution in [3.63, 3.8) is 0 Å². The molecule has 9 nitrogen and oxygen atoms in total. The fraction of sp³-hybridized carbons (Fsp3) is 0.0909. The number of aromatic nitrogens is 1. The van der Waals surface area contributed by atoms with Crippen molar-refractivity contribution < 1.29 is 13.2 Å². The number of hydrogen-bond donors (Lipinski definition) is 4. The molecular weight excluding hydrogens is 498 g/mol. The molecule has 176 valence electrons. The van der Waals surface area contributed by atoms with Crippen LogP contribution in [0.1, 0.15) is 0 Å². The number of nitrogens with zero attached hydrogens (tertiary/aromatic N) is 1. The number of nitrogens with two attached hydrogens (primary N) is 1. The molecule has 4 aromatic rings. The lowest BCUT2D eigenvalue weighted by atomic mass is 10.1. The molecule has 0 unspecified atom stereocenters. The molecule has 12 heteroatoms. The van der Waals surface area contributed by atoms with Gasteiger partial charge in [0.15, 0.2) is 0 Å². The van der Waals surface area contributed by atoms with Crippen molar-refractivity contribution in [2.75, 3.05) is 23.7 Å². The topological polar surface area (TPSA) is 135 Å². The summed E-state index contributed by atoms with van der Waals surface area (Å²) in [6, 6.07) is 15.6. The number of carbonyl (C=O) groups excluding carboxylic acids is 1. The predicted octanol–water partition coefficient (Wildman–Crippen LogP) is 3.59. The number of hydrogen-bond acceptors (Lipinski definition) is 7. The van der Waals surface area contributed by atoms with E-state index in [9.17, 15) is 18.0 Å². The third-order valence-corrected chi connectivity index (χ3v) is 7.88. The van der Waals surface area contributed by atoms with Crippen LogP contribution in [0.25, 0.3) is 16.5 Å². The van der Waals surface area contributed by atoms with Gasteiger partial charge in [0, 0.05) is 41.7 Å². The Morgan fingerprint density at radius 2 is 1.76 bits per heavy atom. The van der Waals surface area contributed by atoms with Gasteiger partial charge in [-0.25, -0.2) is 17.9 Å². The van der Waals surface area contributed by atoms with Gasteiger partial charge in [-0.15, -0.1) is 11.3 Å². The van der Waals surface area contributed by atoms with E-state index in [0.29, 0.717) is 34.2 Å². The second-order valence-electron chi connectivity index (χ2n) is 7.17. The number of rotatable bonds is 7. The largest absolute Gasteiger partial charge is 0.384 e. The van der Waals surface area contributed by atoms with Gasteiger partial charge >= 0.3 is 6.03 Å². The van der Waals surface area contributed by atoms with Crippen molar-refractivity contribution in [3.05, 3.63) is 81.6 Å². The fourth-order valence-electron chi connectivity index (χ4n) is 3.25. The first-order chi connectivity index (χ1) is 16.3. The number of nitrogens with one attached hydrogen (secondary N) is 3. The van der Waals surface area contributed by atoms with Crippen LogP contribution in [0.3, 0.4) is 0 Å². The molecule has 0 aliphatic heterocycles. The first-order valence-corrected chi connectivity index (χ1v) is 12.7. The average Bonchev–Trinajstić information content (AvgIpc) is 3.25. The number of thiophene rings is 1. The molecule has 0 atom stereocenters. The van der Waals surface area contributed by atoms with Crippen LogP contribution in [0.15, 0.2) is 75.9 Å². The van der Waals surface area contributed by atoms with Crippen LogP contribution in [-0.4, -0.2) is 32.1 Å². The van der Waals surface area contributed by atoms with Crippen molar-refractivity contribution in [2.24, 2.45) is 5.73 Å². The highest BCUT2D eigenvalue weighted by atomic mass is 35.5. The zero-order chi connectivity index (χ0) is 24.3. The summed E-state index contributed by atoms with van der Waals surface area (Å²) >= 11 is 6.60. The first-order valence-electron chi connectivity index (χ1n) is 10.1. The molecule has 0 spiro atoms. The van der Waals surface area contributed by atoms with Gasteiger partial charge in [0.25, 0.3) is 15.6 Å². The summed E-state index contributed by atoms with van der Waals surface area (Å²) in [6.07, 6.45) is 1.67. The smallest absolute Gasteiger partial charge is 0.333 e. The Labute approximate surface area is 204 Å². The Hall–Kier alpha value is -3.38. The Morgan fingerprint density at radius 1 is 1.03 bits per heavy atom. The van der Waals surface area contributed by atoms with Crippen molar-refractivity contribution in [2.45, 2.75) is 4.21 Å². The van der Waals surface area contributed by atoms with Gasteiger partial charge in [-0.2, -0.15) is 0 Å². The summed E-state index contributed by atoms with van der Waals surface area (Å²) in [4.78, 5) is 25.1. The third-order valence-electron chi connectivity index (χ3n) is 4.82. The molecule has 0 fully saturated rings. The van der Waals surface area contributed by atoms with Crippen LogP contribution in [0, 0.1) is 0 Å². The standard InChI is InChI=1S/C22H20ClN5O4S2/c23-19-7-8-20(33-19)34(31,32)27-22(30)26-15-1-4-17(5-2-15)28-12-9-14-13-16(25-11-10-24)3-6-18(14)21(28)29/h1-9,12-13,25H,10-11,24H2,(H2,26,27,30). The summed E-state index contributed by atoms with van der Waals surface area (Å²) in [5, 5.41) is 7.00. The maximum atomic E-state index is 13.0. The van der Waals surface area contributed by atoms with E-state index in [1.54, 1.807) is 36.5 Å². The highest BCUT2D eigenvalue weighted by molar-refractivity contribution is 7.92.